The number of rotatable bonds is 2. The Hall–Kier alpha value is -1.83. The lowest BCUT2D eigenvalue weighted by Gasteiger charge is -2.31. The van der Waals surface area contributed by atoms with Gasteiger partial charge in [-0.3, -0.25) is 0 Å². The maximum atomic E-state index is 10.9. The summed E-state index contributed by atoms with van der Waals surface area (Å²) in [6, 6.07) is 6.98. The molecule has 0 heterocycles. The molecule has 0 bridgehead atoms. The number of para-hydroxylation sites is 1. The fraction of sp³-hybridized carbons (Fsp3) is 0.182. The maximum absolute atomic E-state index is 10.9. The fourth-order valence-corrected chi connectivity index (χ4v) is 1.25. The summed E-state index contributed by atoms with van der Waals surface area (Å²) in [5.74, 6) is 2.19. The maximum Gasteiger partial charge on any atom is 0.298 e. The van der Waals surface area contributed by atoms with Gasteiger partial charge in [-0.05, 0) is 5.92 Å². The average molecular weight is 205 g/mol. The second-order valence-corrected chi connectivity index (χ2v) is 3.13. The lowest BCUT2D eigenvalue weighted by molar-refractivity contribution is -0.292. The van der Waals surface area contributed by atoms with Gasteiger partial charge in [-0.25, -0.2) is 5.21 Å². The second-order valence-electron chi connectivity index (χ2n) is 3.13. The molecule has 1 unspecified atom stereocenters. The fourth-order valence-electron chi connectivity index (χ4n) is 1.25. The van der Waals surface area contributed by atoms with E-state index in [1.807, 2.05) is 0 Å². The molecule has 78 valence electrons. The number of benzene rings is 1. The van der Waals surface area contributed by atoms with E-state index in [4.69, 9.17) is 6.42 Å². The molecule has 0 aliphatic heterocycles. The van der Waals surface area contributed by atoms with Crippen LogP contribution in [-0.4, -0.2) is 17.3 Å². The van der Waals surface area contributed by atoms with Crippen molar-refractivity contribution in [2.45, 2.75) is 13.0 Å². The van der Waals surface area contributed by atoms with Gasteiger partial charge in [-0.15, -0.1) is 6.42 Å². The van der Waals surface area contributed by atoms with E-state index in [2.05, 4.69) is 5.92 Å². The predicted molar refractivity (Wildman–Crippen MR) is 53.7 cm³/mol. The van der Waals surface area contributed by atoms with E-state index in [-0.39, 0.29) is 5.69 Å². The number of hydroxylamine groups is 2. The van der Waals surface area contributed by atoms with Gasteiger partial charge >= 0.3 is 0 Å². The summed E-state index contributed by atoms with van der Waals surface area (Å²) >= 11 is 0. The molecule has 1 N–H and O–H groups in total. The molecule has 0 radical (unpaired) electrons. The Balaban J connectivity index is 3.26. The first-order chi connectivity index (χ1) is 7.03. The Morgan fingerprint density at radius 3 is 2.47 bits per heavy atom. The van der Waals surface area contributed by atoms with Gasteiger partial charge in [-0.2, -0.15) is 0 Å². The van der Waals surface area contributed by atoms with Crippen molar-refractivity contribution in [3.8, 4) is 12.3 Å². The number of quaternary nitrogens is 1. The Morgan fingerprint density at radius 1 is 1.53 bits per heavy atom. The topological polar surface area (TPSA) is 60.4 Å². The van der Waals surface area contributed by atoms with Crippen LogP contribution in [0.4, 0.5) is 10.5 Å². The first-order valence-corrected chi connectivity index (χ1v) is 4.38. The molecule has 0 aliphatic carbocycles. The van der Waals surface area contributed by atoms with Crippen LogP contribution in [0.15, 0.2) is 30.3 Å². The molecule has 2 atom stereocenters. The summed E-state index contributed by atoms with van der Waals surface area (Å²) in [4.78, 5) is 10.9. The SMILES string of the molecule is C#CC(C)[N@+](O)(C(=O)[O-])c1ccccc1. The molecule has 4 heteroatoms. The highest BCUT2D eigenvalue weighted by molar-refractivity contribution is 5.77. The van der Waals surface area contributed by atoms with Crippen LogP contribution in [0.2, 0.25) is 0 Å². The lowest BCUT2D eigenvalue weighted by Crippen LogP contribution is -2.62. The summed E-state index contributed by atoms with van der Waals surface area (Å²) < 4.78 is -1.41. The van der Waals surface area contributed by atoms with E-state index >= 15 is 0 Å². The average Bonchev–Trinajstić information content (AvgIpc) is 2.27. The van der Waals surface area contributed by atoms with Crippen LogP contribution in [0.25, 0.3) is 0 Å². The predicted octanol–water partition coefficient (Wildman–Crippen LogP) is 0.748. The highest BCUT2D eigenvalue weighted by atomic mass is 16.6. The van der Waals surface area contributed by atoms with Crippen LogP contribution >= 0.6 is 0 Å². The monoisotopic (exact) mass is 205 g/mol. The van der Waals surface area contributed by atoms with Crippen molar-refractivity contribution < 1.29 is 15.1 Å². The molecule has 0 saturated carbocycles. The van der Waals surface area contributed by atoms with Crippen molar-refractivity contribution in [2.24, 2.45) is 0 Å². The van der Waals surface area contributed by atoms with Crippen molar-refractivity contribution in [3.63, 3.8) is 0 Å². The van der Waals surface area contributed by atoms with Crippen LogP contribution in [0.3, 0.4) is 0 Å². The minimum atomic E-state index is -1.65. The van der Waals surface area contributed by atoms with Crippen LogP contribution in [0.1, 0.15) is 6.92 Å². The number of nitrogens with zero attached hydrogens (tertiary/aromatic N) is 1. The molecule has 0 saturated heterocycles. The summed E-state index contributed by atoms with van der Waals surface area (Å²) in [5.41, 5.74) is 0.169. The van der Waals surface area contributed by atoms with Gasteiger partial charge in [0.25, 0.3) is 6.09 Å². The molecule has 15 heavy (non-hydrogen) atoms. The number of hydrogen-bond acceptors (Lipinski definition) is 3. The zero-order chi connectivity index (χ0) is 11.5. The summed E-state index contributed by atoms with van der Waals surface area (Å²) in [6.45, 7) is 1.43. The Morgan fingerprint density at radius 2 is 2.07 bits per heavy atom. The van der Waals surface area contributed by atoms with Gasteiger partial charge in [0.05, 0.1) is 0 Å². The normalized spacial score (nSPS) is 16.1. The van der Waals surface area contributed by atoms with Gasteiger partial charge in [0.15, 0.2) is 11.7 Å². The van der Waals surface area contributed by atoms with Crippen molar-refractivity contribution >= 4 is 11.8 Å². The van der Waals surface area contributed by atoms with Crippen molar-refractivity contribution in [1.82, 2.24) is 4.65 Å². The number of carboxylic acid groups (broad SMARTS) is 1. The number of terminal acetylenes is 1. The summed E-state index contributed by atoms with van der Waals surface area (Å²) in [5, 5.41) is 20.9. The largest absolute Gasteiger partial charge is 0.496 e. The highest BCUT2D eigenvalue weighted by Crippen LogP contribution is 2.22. The summed E-state index contributed by atoms with van der Waals surface area (Å²) in [7, 11) is 0. The van der Waals surface area contributed by atoms with E-state index in [1.165, 1.54) is 19.1 Å². The molecule has 0 aliphatic rings. The third kappa shape index (κ3) is 1.84. The van der Waals surface area contributed by atoms with Gasteiger partial charge in [0.2, 0.25) is 0 Å². The third-order valence-corrected chi connectivity index (χ3v) is 2.23. The molecular formula is C11H11NO3. The van der Waals surface area contributed by atoms with E-state index < -0.39 is 16.8 Å². The third-order valence-electron chi connectivity index (χ3n) is 2.23. The van der Waals surface area contributed by atoms with Gasteiger partial charge in [0, 0.05) is 19.1 Å². The van der Waals surface area contributed by atoms with Crippen LogP contribution in [-0.2, 0) is 0 Å². The zero-order valence-corrected chi connectivity index (χ0v) is 8.25. The van der Waals surface area contributed by atoms with Crippen molar-refractivity contribution in [3.05, 3.63) is 30.3 Å². The molecule has 0 aromatic heterocycles. The number of carbonyl (C=O) groups is 1. The van der Waals surface area contributed by atoms with Gasteiger partial charge < -0.3 is 9.90 Å². The minimum absolute atomic E-state index is 0.169. The van der Waals surface area contributed by atoms with Crippen molar-refractivity contribution in [1.29, 1.82) is 0 Å². The van der Waals surface area contributed by atoms with E-state index in [9.17, 15) is 15.1 Å². The van der Waals surface area contributed by atoms with E-state index in [1.54, 1.807) is 18.2 Å². The van der Waals surface area contributed by atoms with Gasteiger partial charge in [0.1, 0.15) is 0 Å². The molecule has 0 fully saturated rings. The van der Waals surface area contributed by atoms with Crippen LogP contribution in [0.5, 0.6) is 0 Å². The molecule has 1 aromatic carbocycles. The van der Waals surface area contributed by atoms with E-state index in [0.29, 0.717) is 0 Å². The van der Waals surface area contributed by atoms with E-state index in [0.717, 1.165) is 0 Å². The van der Waals surface area contributed by atoms with Gasteiger partial charge in [-0.1, -0.05) is 22.8 Å². The molecular weight excluding hydrogens is 194 g/mol. The second kappa shape index (κ2) is 4.13. The quantitative estimate of drug-likeness (QED) is 0.335. The van der Waals surface area contributed by atoms with Crippen LogP contribution in [0, 0.1) is 12.3 Å². The molecule has 1 amide bonds. The lowest BCUT2D eigenvalue weighted by atomic mass is 10.2. The number of amides is 1. The smallest absolute Gasteiger partial charge is 0.298 e. The zero-order valence-electron chi connectivity index (χ0n) is 8.25. The molecule has 1 aromatic rings. The number of hydrogen-bond donors (Lipinski definition) is 1. The van der Waals surface area contributed by atoms with Crippen molar-refractivity contribution in [2.75, 3.05) is 0 Å². The Kier molecular flexibility index (Phi) is 3.10. The molecule has 1 rings (SSSR count). The van der Waals surface area contributed by atoms with Crippen LogP contribution < -0.4 is 9.75 Å². The minimum Gasteiger partial charge on any atom is -0.496 e. The standard InChI is InChI=1S/C11H11NO3/c1-3-9(2)12(15,11(13)14)10-7-5-4-6-8-10/h1,4-9,15H,2H3/t9?,12-/m1/s1. The first kappa shape index (κ1) is 11.2. The Labute approximate surface area is 87.9 Å². The molecule has 4 nitrogen and oxygen atoms in total. The summed E-state index contributed by atoms with van der Waals surface area (Å²) in [6.07, 6.45) is 3.47. The molecule has 0 spiro atoms. The highest BCUT2D eigenvalue weighted by Gasteiger charge is 2.37. The first-order valence-electron chi connectivity index (χ1n) is 4.38. The number of carbonyl (C=O) groups excluding carboxylic acids is 1. The Bertz CT molecular complexity index is 396.